The van der Waals surface area contributed by atoms with Crippen molar-refractivity contribution in [1.29, 1.82) is 0 Å². The minimum absolute atomic E-state index is 0.0317. The highest BCUT2D eigenvalue weighted by Crippen LogP contribution is 2.55. The van der Waals surface area contributed by atoms with Gasteiger partial charge in [0.2, 0.25) is 0 Å². The van der Waals surface area contributed by atoms with Gasteiger partial charge in [-0.1, -0.05) is 30.3 Å². The lowest BCUT2D eigenvalue weighted by molar-refractivity contribution is -0.136. The standard InChI is InChI=1S/C19H19F2N3O2/c20-19(21)11-25-10-17(23)24-18(19)9-16(12-4-2-1-3-5-12)26-15-7-6-13(22)8-14(15)18/h1-8,16H,9-11,22H2,(H2,23,24)/t16?,18-/m1/s1. The third-order valence-electron chi connectivity index (χ3n) is 4.84. The van der Waals surface area contributed by atoms with Crippen molar-refractivity contribution in [1.82, 2.24) is 0 Å². The second-order valence-corrected chi connectivity index (χ2v) is 6.64. The number of rotatable bonds is 1. The number of nitrogen functional groups attached to an aromatic ring is 1. The van der Waals surface area contributed by atoms with Crippen LogP contribution in [0.2, 0.25) is 0 Å². The van der Waals surface area contributed by atoms with Gasteiger partial charge in [0, 0.05) is 17.7 Å². The molecule has 0 aliphatic carbocycles. The number of hydrogen-bond donors (Lipinski definition) is 2. The van der Waals surface area contributed by atoms with Crippen LogP contribution < -0.4 is 16.2 Å². The van der Waals surface area contributed by atoms with Gasteiger partial charge in [0.15, 0.2) is 5.54 Å². The van der Waals surface area contributed by atoms with Gasteiger partial charge in [-0.05, 0) is 23.8 Å². The lowest BCUT2D eigenvalue weighted by Gasteiger charge is -2.43. The molecule has 2 aromatic carbocycles. The Morgan fingerprint density at radius 1 is 1.08 bits per heavy atom. The summed E-state index contributed by atoms with van der Waals surface area (Å²) < 4.78 is 41.7. The van der Waals surface area contributed by atoms with E-state index in [9.17, 15) is 0 Å². The van der Waals surface area contributed by atoms with Crippen LogP contribution in [-0.4, -0.2) is 25.0 Å². The average Bonchev–Trinajstić information content (AvgIpc) is 2.72. The maximum absolute atomic E-state index is 15.3. The van der Waals surface area contributed by atoms with Crippen molar-refractivity contribution in [2.45, 2.75) is 24.0 Å². The molecule has 2 aliphatic heterocycles. The molecule has 0 saturated heterocycles. The number of alkyl halides is 2. The average molecular weight is 359 g/mol. The van der Waals surface area contributed by atoms with Crippen molar-refractivity contribution in [3.8, 4) is 5.75 Å². The van der Waals surface area contributed by atoms with Gasteiger partial charge in [0.25, 0.3) is 5.92 Å². The fourth-order valence-electron chi connectivity index (χ4n) is 3.61. The first-order valence-electron chi connectivity index (χ1n) is 8.33. The summed E-state index contributed by atoms with van der Waals surface area (Å²) in [5.41, 5.74) is 11.2. The Bertz CT molecular complexity index is 857. The molecule has 136 valence electrons. The molecule has 2 heterocycles. The molecule has 0 aromatic heterocycles. The Balaban J connectivity index is 1.94. The van der Waals surface area contributed by atoms with E-state index < -0.39 is 24.2 Å². The Labute approximate surface area is 149 Å². The molecule has 5 nitrogen and oxygen atoms in total. The van der Waals surface area contributed by atoms with Crippen molar-refractivity contribution in [3.63, 3.8) is 0 Å². The minimum atomic E-state index is -3.27. The van der Waals surface area contributed by atoms with E-state index in [0.717, 1.165) is 5.56 Å². The van der Waals surface area contributed by atoms with Gasteiger partial charge in [-0.3, -0.25) is 4.99 Å². The molecule has 0 saturated carbocycles. The number of nitrogens with zero attached hydrogens (tertiary/aromatic N) is 1. The Hall–Kier alpha value is -2.67. The van der Waals surface area contributed by atoms with Gasteiger partial charge in [-0.2, -0.15) is 0 Å². The lowest BCUT2D eigenvalue weighted by Crippen LogP contribution is -2.50. The molecule has 2 aromatic rings. The molecular formula is C19H19F2N3O2. The van der Waals surface area contributed by atoms with Crippen molar-refractivity contribution < 1.29 is 18.3 Å². The molecule has 1 spiro atoms. The number of benzene rings is 2. The highest BCUT2D eigenvalue weighted by molar-refractivity contribution is 5.82. The van der Waals surface area contributed by atoms with Crippen molar-refractivity contribution in [3.05, 3.63) is 59.7 Å². The molecule has 26 heavy (non-hydrogen) atoms. The predicted molar refractivity (Wildman–Crippen MR) is 94.3 cm³/mol. The van der Waals surface area contributed by atoms with Crippen LogP contribution in [0.5, 0.6) is 5.75 Å². The summed E-state index contributed by atoms with van der Waals surface area (Å²) in [6.45, 7) is -0.904. The largest absolute Gasteiger partial charge is 0.485 e. The second kappa shape index (κ2) is 5.95. The molecular weight excluding hydrogens is 340 g/mol. The van der Waals surface area contributed by atoms with Gasteiger partial charge in [0.05, 0.1) is 0 Å². The number of ether oxygens (including phenoxy) is 2. The predicted octanol–water partition coefficient (Wildman–Crippen LogP) is 3.01. The Morgan fingerprint density at radius 2 is 1.85 bits per heavy atom. The van der Waals surface area contributed by atoms with Gasteiger partial charge in [0.1, 0.15) is 30.9 Å². The quantitative estimate of drug-likeness (QED) is 0.767. The number of nitrogens with two attached hydrogens (primary N) is 2. The third-order valence-corrected chi connectivity index (χ3v) is 4.84. The molecule has 0 bridgehead atoms. The molecule has 0 radical (unpaired) electrons. The summed E-state index contributed by atoms with van der Waals surface area (Å²) >= 11 is 0. The zero-order chi connectivity index (χ0) is 18.4. The highest BCUT2D eigenvalue weighted by atomic mass is 19.3. The number of hydrogen-bond acceptors (Lipinski definition) is 5. The lowest BCUT2D eigenvalue weighted by atomic mass is 9.76. The molecule has 2 aliphatic rings. The Kier molecular flexibility index (Phi) is 3.84. The molecule has 2 atom stereocenters. The molecule has 4 N–H and O–H groups in total. The van der Waals surface area contributed by atoms with Gasteiger partial charge in [-0.15, -0.1) is 0 Å². The summed E-state index contributed by atoms with van der Waals surface area (Å²) in [5, 5.41) is 0. The second-order valence-electron chi connectivity index (χ2n) is 6.64. The molecule has 1 unspecified atom stereocenters. The van der Waals surface area contributed by atoms with Crippen molar-refractivity contribution >= 4 is 11.5 Å². The molecule has 0 fully saturated rings. The van der Waals surface area contributed by atoms with Crippen LogP contribution in [0.4, 0.5) is 14.5 Å². The van der Waals surface area contributed by atoms with Crippen LogP contribution in [0.1, 0.15) is 23.7 Å². The van der Waals surface area contributed by atoms with Crippen LogP contribution in [0.25, 0.3) is 0 Å². The van der Waals surface area contributed by atoms with Crippen LogP contribution >= 0.6 is 0 Å². The maximum atomic E-state index is 15.3. The first kappa shape index (κ1) is 16.8. The summed E-state index contributed by atoms with van der Waals surface area (Å²) in [4.78, 5) is 4.26. The number of aliphatic imine (C=N–C) groups is 1. The van der Waals surface area contributed by atoms with E-state index in [1.807, 2.05) is 30.3 Å². The summed E-state index contributed by atoms with van der Waals surface area (Å²) in [5.74, 6) is -2.91. The van der Waals surface area contributed by atoms with E-state index in [1.165, 1.54) is 6.07 Å². The maximum Gasteiger partial charge on any atom is 0.299 e. The van der Waals surface area contributed by atoms with E-state index in [2.05, 4.69) is 4.99 Å². The van der Waals surface area contributed by atoms with Gasteiger partial charge >= 0.3 is 0 Å². The zero-order valence-electron chi connectivity index (χ0n) is 14.0. The van der Waals surface area contributed by atoms with E-state index in [1.54, 1.807) is 12.1 Å². The SMILES string of the molecule is NC1=N[C@@]2(CC(c3ccccc3)Oc3ccc(N)cc32)C(F)(F)COC1. The number of fused-ring (bicyclic) bond motifs is 2. The van der Waals surface area contributed by atoms with Crippen LogP contribution in [0.15, 0.2) is 53.5 Å². The summed E-state index contributed by atoms with van der Waals surface area (Å²) in [6, 6.07) is 14.0. The van der Waals surface area contributed by atoms with Crippen LogP contribution in [0.3, 0.4) is 0 Å². The number of anilines is 1. The van der Waals surface area contributed by atoms with Crippen molar-refractivity contribution in [2.24, 2.45) is 10.7 Å². The van der Waals surface area contributed by atoms with Crippen LogP contribution in [-0.2, 0) is 10.3 Å². The summed E-state index contributed by atoms with van der Waals surface area (Å²) in [7, 11) is 0. The first-order chi connectivity index (χ1) is 12.4. The normalized spacial score (nSPS) is 27.2. The summed E-state index contributed by atoms with van der Waals surface area (Å²) in [6.07, 6.45) is -0.655. The molecule has 7 heteroatoms. The highest BCUT2D eigenvalue weighted by Gasteiger charge is 2.60. The molecule has 0 amide bonds. The van der Waals surface area contributed by atoms with E-state index in [0.29, 0.717) is 11.4 Å². The van der Waals surface area contributed by atoms with Crippen molar-refractivity contribution in [2.75, 3.05) is 18.9 Å². The number of amidine groups is 1. The monoisotopic (exact) mass is 359 g/mol. The number of halogens is 2. The fraction of sp³-hybridized carbons (Fsp3) is 0.316. The van der Waals surface area contributed by atoms with Gasteiger partial charge in [-0.25, -0.2) is 8.78 Å². The van der Waals surface area contributed by atoms with Gasteiger partial charge < -0.3 is 20.9 Å². The minimum Gasteiger partial charge on any atom is -0.485 e. The third kappa shape index (κ3) is 2.59. The van der Waals surface area contributed by atoms with E-state index >= 15 is 8.78 Å². The zero-order valence-corrected chi connectivity index (χ0v) is 14.0. The fourth-order valence-corrected chi connectivity index (χ4v) is 3.61. The smallest absolute Gasteiger partial charge is 0.299 e. The first-order valence-corrected chi connectivity index (χ1v) is 8.33. The molecule has 4 rings (SSSR count). The van der Waals surface area contributed by atoms with Crippen LogP contribution in [0, 0.1) is 0 Å². The van der Waals surface area contributed by atoms with E-state index in [4.69, 9.17) is 20.9 Å². The Morgan fingerprint density at radius 3 is 2.62 bits per heavy atom. The van der Waals surface area contributed by atoms with E-state index in [-0.39, 0.29) is 24.4 Å². The topological polar surface area (TPSA) is 82.9 Å².